The van der Waals surface area contributed by atoms with Crippen LogP contribution in [-0.2, 0) is 19.0 Å². The number of fused-ring (bicyclic) bond motifs is 5. The van der Waals surface area contributed by atoms with E-state index in [1.54, 1.807) is 12.5 Å². The highest BCUT2D eigenvalue weighted by atomic mass is 16.7. The van der Waals surface area contributed by atoms with Gasteiger partial charge in [-0.25, -0.2) is 0 Å². The molecule has 0 aliphatic heterocycles. The van der Waals surface area contributed by atoms with E-state index in [2.05, 4.69) is 26.8 Å². The largest absolute Gasteiger partial charge is 0.463 e. The van der Waals surface area contributed by atoms with E-state index in [0.29, 0.717) is 29.5 Å². The molecule has 9 atom stereocenters. The van der Waals surface area contributed by atoms with Crippen LogP contribution in [0.3, 0.4) is 0 Å². The summed E-state index contributed by atoms with van der Waals surface area (Å²) in [5, 5.41) is 0. The van der Waals surface area contributed by atoms with E-state index in [1.807, 2.05) is 13.8 Å². The molecule has 1 unspecified atom stereocenters. The molecule has 0 saturated heterocycles. The van der Waals surface area contributed by atoms with Crippen LogP contribution in [0, 0.1) is 34.5 Å². The van der Waals surface area contributed by atoms with Crippen LogP contribution in [0.2, 0.25) is 0 Å². The molecule has 4 aliphatic carbocycles. The van der Waals surface area contributed by atoms with Crippen LogP contribution < -0.4 is 0 Å². The highest BCUT2D eigenvalue weighted by molar-refractivity contribution is 5.66. The Morgan fingerprint density at radius 1 is 1.13 bits per heavy atom. The quantitative estimate of drug-likeness (QED) is 0.281. The molecule has 4 heteroatoms. The van der Waals surface area contributed by atoms with Crippen molar-refractivity contribution >= 4 is 5.97 Å². The molecule has 4 aliphatic rings. The van der Waals surface area contributed by atoms with Crippen LogP contribution in [0.15, 0.2) is 11.6 Å². The Morgan fingerprint density at radius 2 is 1.90 bits per heavy atom. The summed E-state index contributed by atoms with van der Waals surface area (Å²) >= 11 is 0. The maximum Gasteiger partial charge on any atom is 0.302 e. The van der Waals surface area contributed by atoms with Crippen molar-refractivity contribution in [2.24, 2.45) is 34.5 Å². The second-order valence-corrected chi connectivity index (χ2v) is 11.3. The topological polar surface area (TPSA) is 44.8 Å². The minimum absolute atomic E-state index is 0.0363. The molecule has 0 aromatic heterocycles. The maximum absolute atomic E-state index is 11.6. The van der Waals surface area contributed by atoms with Crippen molar-refractivity contribution in [3.05, 3.63) is 11.6 Å². The van der Waals surface area contributed by atoms with E-state index in [9.17, 15) is 4.79 Å². The third-order valence-corrected chi connectivity index (χ3v) is 9.84. The van der Waals surface area contributed by atoms with E-state index < -0.39 is 0 Å². The fraction of sp³-hybridized carbons (Fsp3) is 0.889. The lowest BCUT2D eigenvalue weighted by atomic mass is 9.47. The van der Waals surface area contributed by atoms with Gasteiger partial charge in [-0.2, -0.15) is 0 Å². The zero-order valence-corrected chi connectivity index (χ0v) is 20.6. The van der Waals surface area contributed by atoms with E-state index in [4.69, 9.17) is 14.2 Å². The van der Waals surface area contributed by atoms with Gasteiger partial charge in [0.25, 0.3) is 0 Å². The standard InChI is InChI=1S/C27H44O4/c1-7-29-19(4)31-21-12-14-26(5)20(16-21)8-9-22-24-11-10-23(17(2)30-18(3)28)27(24,6)15-13-25(22)26/h8,17,19,21-25H,7,9-16H2,1-6H3/t17-,19?,21-,22-,23+,24-,25-,26-,27+/m0/s1. The van der Waals surface area contributed by atoms with Crippen LogP contribution >= 0.6 is 0 Å². The Bertz CT molecular complexity index is 701. The highest BCUT2D eigenvalue weighted by Gasteiger charge is 2.59. The van der Waals surface area contributed by atoms with Crippen LogP contribution in [0.5, 0.6) is 0 Å². The molecule has 0 spiro atoms. The molecular weight excluding hydrogens is 388 g/mol. The molecule has 176 valence electrons. The zero-order chi connectivity index (χ0) is 22.4. The van der Waals surface area contributed by atoms with Gasteiger partial charge in [-0.1, -0.05) is 25.5 Å². The first-order valence-corrected chi connectivity index (χ1v) is 12.8. The third kappa shape index (κ3) is 4.12. The fourth-order valence-corrected chi connectivity index (χ4v) is 8.44. The van der Waals surface area contributed by atoms with Crippen molar-refractivity contribution in [1.29, 1.82) is 0 Å². The Labute approximate surface area is 189 Å². The van der Waals surface area contributed by atoms with Crippen LogP contribution in [-0.4, -0.2) is 31.1 Å². The number of carbonyl (C=O) groups is 1. The molecule has 0 radical (unpaired) electrons. The molecule has 0 heterocycles. The normalized spacial score (nSPS) is 43.8. The average Bonchev–Trinajstić information content (AvgIpc) is 3.05. The van der Waals surface area contributed by atoms with E-state index in [0.717, 1.165) is 30.6 Å². The summed E-state index contributed by atoms with van der Waals surface area (Å²) in [6, 6.07) is 0. The summed E-state index contributed by atoms with van der Waals surface area (Å²) in [6.45, 7) is 13.5. The summed E-state index contributed by atoms with van der Waals surface area (Å²) in [5.74, 6) is 2.70. The van der Waals surface area contributed by atoms with Gasteiger partial charge in [-0.15, -0.1) is 0 Å². The minimum atomic E-state index is -0.136. The molecule has 0 aromatic carbocycles. The molecule has 3 saturated carbocycles. The van der Waals surface area contributed by atoms with Gasteiger partial charge in [0, 0.05) is 19.4 Å². The number of esters is 1. The molecule has 3 fully saturated rings. The average molecular weight is 433 g/mol. The SMILES string of the molecule is CCOC(C)O[C@H]1CC[C@@]2(C)C(=CC[C@H]3[C@@H]4CC[C@H]([C@H](C)OC(C)=O)[C@@]4(C)CC[C@@H]32)C1. The molecule has 0 bridgehead atoms. The first-order chi connectivity index (χ1) is 14.7. The number of allylic oxidation sites excluding steroid dienone is 1. The lowest BCUT2D eigenvalue weighted by Gasteiger charge is -2.58. The van der Waals surface area contributed by atoms with Gasteiger partial charge >= 0.3 is 5.97 Å². The van der Waals surface area contributed by atoms with Crippen molar-refractivity contribution in [1.82, 2.24) is 0 Å². The summed E-state index contributed by atoms with van der Waals surface area (Å²) < 4.78 is 17.5. The number of rotatable bonds is 6. The van der Waals surface area contributed by atoms with E-state index in [1.165, 1.54) is 38.5 Å². The van der Waals surface area contributed by atoms with Crippen molar-refractivity contribution < 1.29 is 19.0 Å². The van der Waals surface area contributed by atoms with Crippen molar-refractivity contribution in [3.63, 3.8) is 0 Å². The van der Waals surface area contributed by atoms with Crippen molar-refractivity contribution in [2.75, 3.05) is 6.61 Å². The summed E-state index contributed by atoms with van der Waals surface area (Å²) in [4.78, 5) is 11.6. The van der Waals surface area contributed by atoms with Gasteiger partial charge in [0.15, 0.2) is 6.29 Å². The molecule has 31 heavy (non-hydrogen) atoms. The Kier molecular flexibility index (Phi) is 6.63. The second-order valence-electron chi connectivity index (χ2n) is 11.3. The summed E-state index contributed by atoms with van der Waals surface area (Å²) in [5.41, 5.74) is 2.30. The van der Waals surface area contributed by atoms with Gasteiger partial charge < -0.3 is 14.2 Å². The first-order valence-electron chi connectivity index (χ1n) is 12.8. The number of carbonyl (C=O) groups excluding carboxylic acids is 1. The van der Waals surface area contributed by atoms with Gasteiger partial charge in [0.05, 0.1) is 6.10 Å². The zero-order valence-electron chi connectivity index (χ0n) is 20.6. The minimum Gasteiger partial charge on any atom is -0.463 e. The molecule has 0 amide bonds. The molecule has 4 nitrogen and oxygen atoms in total. The van der Waals surface area contributed by atoms with Gasteiger partial charge in [0.1, 0.15) is 6.10 Å². The van der Waals surface area contributed by atoms with Crippen LogP contribution in [0.4, 0.5) is 0 Å². The Balaban J connectivity index is 1.49. The van der Waals surface area contributed by atoms with Crippen molar-refractivity contribution in [2.45, 2.75) is 111 Å². The molecule has 0 aromatic rings. The van der Waals surface area contributed by atoms with Crippen LogP contribution in [0.25, 0.3) is 0 Å². The second kappa shape index (κ2) is 8.82. The number of hydrogen-bond acceptors (Lipinski definition) is 4. The summed E-state index contributed by atoms with van der Waals surface area (Å²) in [6.07, 6.45) is 12.6. The van der Waals surface area contributed by atoms with Gasteiger partial charge in [-0.05, 0) is 101 Å². The van der Waals surface area contributed by atoms with Gasteiger partial charge in [0.2, 0.25) is 0 Å². The highest BCUT2D eigenvalue weighted by Crippen LogP contribution is 2.66. The Hall–Kier alpha value is -0.870. The van der Waals surface area contributed by atoms with Gasteiger partial charge in [-0.3, -0.25) is 4.79 Å². The monoisotopic (exact) mass is 432 g/mol. The molecule has 0 N–H and O–H groups in total. The Morgan fingerprint density at radius 3 is 2.61 bits per heavy atom. The molecular formula is C27H44O4. The number of hydrogen-bond donors (Lipinski definition) is 0. The molecule has 4 rings (SSSR count). The predicted molar refractivity (Wildman–Crippen MR) is 122 cm³/mol. The van der Waals surface area contributed by atoms with Crippen molar-refractivity contribution in [3.8, 4) is 0 Å². The lowest BCUT2D eigenvalue weighted by Crippen LogP contribution is -2.51. The summed E-state index contributed by atoms with van der Waals surface area (Å²) in [7, 11) is 0. The predicted octanol–water partition coefficient (Wildman–Crippen LogP) is 6.28. The van der Waals surface area contributed by atoms with E-state index in [-0.39, 0.29) is 18.4 Å². The van der Waals surface area contributed by atoms with Crippen LogP contribution in [0.1, 0.15) is 92.9 Å². The first kappa shape index (κ1) is 23.3. The number of ether oxygens (including phenoxy) is 3. The fourth-order valence-electron chi connectivity index (χ4n) is 8.44. The smallest absolute Gasteiger partial charge is 0.302 e. The maximum atomic E-state index is 11.6. The van der Waals surface area contributed by atoms with E-state index >= 15 is 0 Å². The lowest BCUT2D eigenvalue weighted by molar-refractivity contribution is -0.167. The third-order valence-electron chi connectivity index (χ3n) is 9.84.